The van der Waals surface area contributed by atoms with Crippen LogP contribution in [0.2, 0.25) is 0 Å². The summed E-state index contributed by atoms with van der Waals surface area (Å²) in [6, 6.07) is 25.1. The number of phenolic OH excluding ortho intramolecular Hbond substituents is 1. The van der Waals surface area contributed by atoms with E-state index in [0.717, 1.165) is 30.6 Å². The second-order valence-corrected chi connectivity index (χ2v) is 10.5. The maximum absolute atomic E-state index is 13.5. The zero-order valence-corrected chi connectivity index (χ0v) is 21.5. The SMILES string of the molecule is C[C@H]1CN(C[C@H](Cc2ccccc2)C(=O)N[C@@H](C(=O)O)c2ccccc2)CC[C@@]1(C)c1cccc(O)c1. The van der Waals surface area contributed by atoms with Crippen LogP contribution in [0, 0.1) is 11.8 Å². The lowest BCUT2D eigenvalue weighted by molar-refractivity contribution is -0.142. The Kier molecular flexibility index (Phi) is 8.29. The average molecular weight is 501 g/mol. The minimum atomic E-state index is -1.10. The van der Waals surface area contributed by atoms with Gasteiger partial charge in [-0.2, -0.15) is 0 Å². The number of nitrogens with zero attached hydrogens (tertiary/aromatic N) is 1. The quantitative estimate of drug-likeness (QED) is 0.393. The summed E-state index contributed by atoms with van der Waals surface area (Å²) in [5.74, 6) is -1.15. The van der Waals surface area contributed by atoms with Gasteiger partial charge in [0.05, 0.1) is 5.92 Å². The van der Waals surface area contributed by atoms with Crippen LogP contribution >= 0.6 is 0 Å². The van der Waals surface area contributed by atoms with Gasteiger partial charge in [0, 0.05) is 13.1 Å². The highest BCUT2D eigenvalue weighted by Gasteiger charge is 2.39. The third kappa shape index (κ3) is 6.38. The van der Waals surface area contributed by atoms with Crippen molar-refractivity contribution in [3.8, 4) is 5.75 Å². The van der Waals surface area contributed by atoms with Crippen LogP contribution in [0.5, 0.6) is 5.75 Å². The number of benzene rings is 3. The van der Waals surface area contributed by atoms with E-state index < -0.39 is 17.9 Å². The summed E-state index contributed by atoms with van der Waals surface area (Å²) in [4.78, 5) is 27.9. The molecule has 1 fully saturated rings. The van der Waals surface area contributed by atoms with Gasteiger partial charge in [0.2, 0.25) is 5.91 Å². The van der Waals surface area contributed by atoms with Gasteiger partial charge in [-0.1, -0.05) is 86.6 Å². The van der Waals surface area contributed by atoms with Crippen molar-refractivity contribution in [1.29, 1.82) is 0 Å². The number of amides is 1. The van der Waals surface area contributed by atoms with Gasteiger partial charge in [-0.3, -0.25) is 4.79 Å². The maximum Gasteiger partial charge on any atom is 0.330 e. The summed E-state index contributed by atoms with van der Waals surface area (Å²) in [5.41, 5.74) is 2.65. The molecule has 0 radical (unpaired) electrons. The van der Waals surface area contributed by atoms with Gasteiger partial charge in [0.25, 0.3) is 0 Å². The van der Waals surface area contributed by atoms with Crippen LogP contribution in [0.25, 0.3) is 0 Å². The number of carbonyl (C=O) groups excluding carboxylic acids is 1. The Labute approximate surface area is 219 Å². The van der Waals surface area contributed by atoms with Gasteiger partial charge in [0.1, 0.15) is 5.75 Å². The fourth-order valence-electron chi connectivity index (χ4n) is 5.42. The molecule has 3 aromatic rings. The highest BCUT2D eigenvalue weighted by Crippen LogP contribution is 2.40. The van der Waals surface area contributed by atoms with E-state index in [1.807, 2.05) is 48.5 Å². The molecule has 4 rings (SSSR count). The molecular formula is C31H36N2O4. The molecule has 1 saturated heterocycles. The summed E-state index contributed by atoms with van der Waals surface area (Å²) < 4.78 is 0. The third-order valence-electron chi connectivity index (χ3n) is 7.91. The number of hydrogen-bond acceptors (Lipinski definition) is 4. The molecule has 6 heteroatoms. The van der Waals surface area contributed by atoms with Crippen LogP contribution < -0.4 is 5.32 Å². The van der Waals surface area contributed by atoms with Gasteiger partial charge in [-0.05, 0) is 59.5 Å². The van der Waals surface area contributed by atoms with Crippen LogP contribution in [0.15, 0.2) is 84.9 Å². The Bertz CT molecular complexity index is 1200. The molecule has 0 saturated carbocycles. The van der Waals surface area contributed by atoms with E-state index in [1.54, 1.807) is 30.3 Å². The van der Waals surface area contributed by atoms with Crippen LogP contribution in [-0.2, 0) is 21.4 Å². The Balaban J connectivity index is 1.50. The molecule has 4 atom stereocenters. The molecule has 1 aliphatic rings. The lowest BCUT2D eigenvalue weighted by Gasteiger charge is -2.45. The number of aromatic hydroxyl groups is 1. The highest BCUT2D eigenvalue weighted by atomic mass is 16.4. The zero-order valence-electron chi connectivity index (χ0n) is 21.5. The number of phenols is 1. The first-order valence-corrected chi connectivity index (χ1v) is 12.9. The van der Waals surface area contributed by atoms with Gasteiger partial charge in [-0.25, -0.2) is 4.79 Å². The molecule has 37 heavy (non-hydrogen) atoms. The first-order valence-electron chi connectivity index (χ1n) is 12.9. The van der Waals surface area contributed by atoms with E-state index in [4.69, 9.17) is 0 Å². The van der Waals surface area contributed by atoms with Crippen LogP contribution in [-0.4, -0.2) is 46.6 Å². The number of piperidine rings is 1. The topological polar surface area (TPSA) is 89.9 Å². The lowest BCUT2D eigenvalue weighted by Crippen LogP contribution is -2.50. The molecule has 1 aliphatic heterocycles. The summed E-state index contributed by atoms with van der Waals surface area (Å²) in [5, 5.41) is 22.7. The van der Waals surface area contributed by atoms with E-state index in [-0.39, 0.29) is 17.1 Å². The van der Waals surface area contributed by atoms with E-state index in [2.05, 4.69) is 30.1 Å². The predicted octanol–water partition coefficient (Wildman–Crippen LogP) is 4.79. The second-order valence-electron chi connectivity index (χ2n) is 10.5. The molecule has 3 aromatic carbocycles. The summed E-state index contributed by atoms with van der Waals surface area (Å²) in [6.45, 7) is 6.64. The number of hydrogen-bond donors (Lipinski definition) is 3. The molecule has 194 valence electrons. The van der Waals surface area contributed by atoms with E-state index in [1.165, 1.54) is 0 Å². The first-order chi connectivity index (χ1) is 17.8. The highest BCUT2D eigenvalue weighted by molar-refractivity contribution is 5.86. The standard InChI is InChI=1S/C31H36N2O4/c1-22-20-33(17-16-31(22,2)26-14-9-15-27(34)19-26)21-25(18-23-10-5-3-6-11-23)29(35)32-28(30(36)37)24-12-7-4-8-13-24/h3-15,19,22,25,28,34H,16-18,20-21H2,1-2H3,(H,32,35)(H,36,37)/t22-,25-,28+,31+/m0/s1. The fourth-order valence-corrected chi connectivity index (χ4v) is 5.42. The number of aliphatic carboxylic acids is 1. The van der Waals surface area contributed by atoms with Crippen LogP contribution in [0.4, 0.5) is 0 Å². The zero-order chi connectivity index (χ0) is 26.4. The van der Waals surface area contributed by atoms with Gasteiger partial charge >= 0.3 is 5.97 Å². The monoisotopic (exact) mass is 500 g/mol. The van der Waals surface area contributed by atoms with E-state index >= 15 is 0 Å². The number of carboxylic acid groups (broad SMARTS) is 1. The Hall–Kier alpha value is -3.64. The van der Waals surface area contributed by atoms with Crippen molar-refractivity contribution < 1.29 is 19.8 Å². The van der Waals surface area contributed by atoms with Crippen molar-refractivity contribution in [3.05, 3.63) is 102 Å². The smallest absolute Gasteiger partial charge is 0.330 e. The Morgan fingerprint density at radius 3 is 2.32 bits per heavy atom. The number of nitrogens with one attached hydrogen (secondary N) is 1. The molecule has 6 nitrogen and oxygen atoms in total. The molecule has 3 N–H and O–H groups in total. The number of carboxylic acids is 1. The molecule has 0 aliphatic carbocycles. The van der Waals surface area contributed by atoms with Crippen LogP contribution in [0.3, 0.4) is 0 Å². The Morgan fingerprint density at radius 2 is 1.70 bits per heavy atom. The van der Waals surface area contributed by atoms with Crippen molar-refractivity contribution in [1.82, 2.24) is 10.2 Å². The minimum absolute atomic E-state index is 0.0753. The third-order valence-corrected chi connectivity index (χ3v) is 7.91. The fraction of sp³-hybridized carbons (Fsp3) is 0.355. The van der Waals surface area contributed by atoms with Gasteiger partial charge < -0.3 is 20.4 Å². The van der Waals surface area contributed by atoms with Crippen molar-refractivity contribution in [3.63, 3.8) is 0 Å². The normalized spacial score (nSPS) is 21.6. The molecule has 0 spiro atoms. The summed E-state index contributed by atoms with van der Waals surface area (Å²) in [7, 11) is 0. The molecule has 0 unspecified atom stereocenters. The van der Waals surface area contributed by atoms with E-state index in [0.29, 0.717) is 24.4 Å². The molecule has 0 aromatic heterocycles. The predicted molar refractivity (Wildman–Crippen MR) is 144 cm³/mol. The number of rotatable bonds is 9. The van der Waals surface area contributed by atoms with Crippen molar-refractivity contribution in [2.45, 2.75) is 38.1 Å². The molecular weight excluding hydrogens is 464 g/mol. The largest absolute Gasteiger partial charge is 0.508 e. The lowest BCUT2D eigenvalue weighted by atomic mass is 9.68. The summed E-state index contributed by atoms with van der Waals surface area (Å²) >= 11 is 0. The molecule has 1 amide bonds. The first kappa shape index (κ1) is 26.4. The van der Waals surface area contributed by atoms with Gasteiger partial charge in [0.15, 0.2) is 6.04 Å². The van der Waals surface area contributed by atoms with Crippen molar-refractivity contribution in [2.75, 3.05) is 19.6 Å². The maximum atomic E-state index is 13.5. The van der Waals surface area contributed by atoms with Crippen molar-refractivity contribution in [2.24, 2.45) is 11.8 Å². The second kappa shape index (κ2) is 11.6. The molecule has 1 heterocycles. The van der Waals surface area contributed by atoms with E-state index in [9.17, 15) is 19.8 Å². The number of likely N-dealkylation sites (tertiary alicyclic amines) is 1. The Morgan fingerprint density at radius 1 is 1.03 bits per heavy atom. The van der Waals surface area contributed by atoms with Gasteiger partial charge in [-0.15, -0.1) is 0 Å². The number of carbonyl (C=O) groups is 2. The van der Waals surface area contributed by atoms with Crippen LogP contribution in [0.1, 0.15) is 43.0 Å². The van der Waals surface area contributed by atoms with Crippen molar-refractivity contribution >= 4 is 11.9 Å². The molecule has 0 bridgehead atoms. The minimum Gasteiger partial charge on any atom is -0.508 e. The average Bonchev–Trinajstić information content (AvgIpc) is 2.90. The summed E-state index contributed by atoms with van der Waals surface area (Å²) in [6.07, 6.45) is 1.43.